The van der Waals surface area contributed by atoms with Crippen molar-refractivity contribution >= 4 is 40.6 Å². The predicted octanol–water partition coefficient (Wildman–Crippen LogP) is 6.23. The second-order valence-electron chi connectivity index (χ2n) is 8.24. The summed E-state index contributed by atoms with van der Waals surface area (Å²) in [5, 5.41) is 6.51. The molecule has 0 fully saturated rings. The molecule has 0 spiro atoms. The number of rotatable bonds is 7. The van der Waals surface area contributed by atoms with E-state index in [9.17, 15) is 22.8 Å². The molecule has 1 amide bonds. The molecule has 1 N–H and O–H groups in total. The second-order valence-corrected chi connectivity index (χ2v) is 9.11. The normalized spacial score (nSPS) is 18.8. The van der Waals surface area contributed by atoms with Gasteiger partial charge in [0.2, 0.25) is 5.91 Å². The topological polar surface area (TPSA) is 67.8 Å². The number of hydrogen-bond donors (Lipinski definition) is 1. The predicted molar refractivity (Wildman–Crippen MR) is 124 cm³/mol. The van der Waals surface area contributed by atoms with Gasteiger partial charge in [-0.2, -0.15) is 13.2 Å². The third-order valence-corrected chi connectivity index (χ3v) is 6.10. The molecule has 0 radical (unpaired) electrons. The Bertz CT molecular complexity index is 1130. The monoisotopic (exact) mass is 514 g/mol. The Morgan fingerprint density at radius 2 is 1.82 bits per heavy atom. The van der Waals surface area contributed by atoms with Crippen LogP contribution in [0.15, 0.2) is 41.6 Å². The molecular weight excluding hydrogens is 492 g/mol. The van der Waals surface area contributed by atoms with Gasteiger partial charge in [0.05, 0.1) is 5.71 Å². The van der Waals surface area contributed by atoms with Gasteiger partial charge in [-0.3, -0.25) is 9.59 Å². The van der Waals surface area contributed by atoms with Crippen molar-refractivity contribution in [1.82, 2.24) is 5.32 Å². The number of nitrogens with zero attached hydrogens (tertiary/aromatic N) is 1. The van der Waals surface area contributed by atoms with E-state index in [2.05, 4.69) is 10.5 Å². The highest BCUT2D eigenvalue weighted by molar-refractivity contribution is 6.34. The van der Waals surface area contributed by atoms with Gasteiger partial charge in [0.1, 0.15) is 0 Å². The van der Waals surface area contributed by atoms with E-state index >= 15 is 0 Å². The number of carbonyl (C=O) groups is 2. The van der Waals surface area contributed by atoms with Gasteiger partial charge in [-0.05, 0) is 49.2 Å². The lowest BCUT2D eigenvalue weighted by atomic mass is 9.86. The first kappa shape index (κ1) is 26.0. The number of nitrogens with one attached hydrogen (secondary N) is 1. The molecule has 0 bridgehead atoms. The summed E-state index contributed by atoms with van der Waals surface area (Å²) >= 11 is 11.9. The maximum atomic E-state index is 14.2. The zero-order valence-electron chi connectivity index (χ0n) is 18.7. The molecule has 3 rings (SSSR count). The van der Waals surface area contributed by atoms with Gasteiger partial charge in [-0.25, -0.2) is 0 Å². The maximum Gasteiger partial charge on any atom is 0.435 e. The minimum absolute atomic E-state index is 0.0167. The van der Waals surface area contributed by atoms with Gasteiger partial charge in [0, 0.05) is 46.5 Å². The van der Waals surface area contributed by atoms with Crippen LogP contribution in [0.3, 0.4) is 0 Å². The molecule has 0 aliphatic carbocycles. The van der Waals surface area contributed by atoms with Crippen LogP contribution in [0.5, 0.6) is 0 Å². The fourth-order valence-electron chi connectivity index (χ4n) is 3.83. The fraction of sp³-hybridized carbons (Fsp3) is 0.375. The van der Waals surface area contributed by atoms with Crippen molar-refractivity contribution in [2.45, 2.75) is 45.4 Å². The van der Waals surface area contributed by atoms with Gasteiger partial charge >= 0.3 is 6.18 Å². The number of carbonyl (C=O) groups excluding carboxylic acids is 2. The lowest BCUT2D eigenvalue weighted by molar-refractivity contribution is -0.275. The number of halogens is 5. The molecule has 1 aliphatic heterocycles. The number of Topliss-reactive ketones (excluding diaryl/α,β-unsaturated/α-hetero) is 1. The summed E-state index contributed by atoms with van der Waals surface area (Å²) in [7, 11) is 0. The number of benzene rings is 2. The van der Waals surface area contributed by atoms with Crippen LogP contribution >= 0.6 is 23.2 Å². The van der Waals surface area contributed by atoms with E-state index in [0.717, 1.165) is 12.1 Å². The summed E-state index contributed by atoms with van der Waals surface area (Å²) in [5.74, 6) is -0.950. The summed E-state index contributed by atoms with van der Waals surface area (Å²) in [6.45, 7) is 5.60. The first-order valence-corrected chi connectivity index (χ1v) is 11.3. The molecule has 0 aromatic heterocycles. The quantitative estimate of drug-likeness (QED) is 0.445. The van der Waals surface area contributed by atoms with Crippen LogP contribution in [0.25, 0.3) is 0 Å². The highest BCUT2D eigenvalue weighted by atomic mass is 35.5. The summed E-state index contributed by atoms with van der Waals surface area (Å²) in [6.07, 6.45) is -5.37. The van der Waals surface area contributed by atoms with E-state index in [-0.39, 0.29) is 39.4 Å². The Balaban J connectivity index is 1.85. The largest absolute Gasteiger partial charge is 0.435 e. The molecule has 1 unspecified atom stereocenters. The first-order valence-electron chi connectivity index (χ1n) is 10.6. The Morgan fingerprint density at radius 3 is 2.38 bits per heavy atom. The molecular formula is C24H23Cl2F3N2O3. The van der Waals surface area contributed by atoms with Gasteiger partial charge in [-0.15, -0.1) is 0 Å². The molecule has 1 heterocycles. The van der Waals surface area contributed by atoms with E-state index in [1.165, 1.54) is 18.2 Å². The lowest BCUT2D eigenvalue weighted by Gasteiger charge is -2.29. The van der Waals surface area contributed by atoms with Crippen LogP contribution < -0.4 is 5.32 Å². The standard InChI is InChI=1S/C24H23Cl2F3N2O3/c1-4-30-22(33)14(3)8-21(32)19-6-5-15(7-13(19)2)20-12-23(34-31-20,24(27,28)29)16-9-17(25)11-18(26)10-16/h5-7,9-11,14H,4,8,12H2,1-3H3,(H,30,33)/t14-,23?/m0/s1. The minimum atomic E-state index is -4.80. The van der Waals surface area contributed by atoms with E-state index in [1.807, 2.05) is 0 Å². The van der Waals surface area contributed by atoms with Crippen LogP contribution in [-0.2, 0) is 15.2 Å². The number of alkyl halides is 3. The van der Waals surface area contributed by atoms with E-state index < -0.39 is 24.1 Å². The van der Waals surface area contributed by atoms with Crippen LogP contribution in [0.2, 0.25) is 10.0 Å². The van der Waals surface area contributed by atoms with Crippen molar-refractivity contribution in [3.63, 3.8) is 0 Å². The molecule has 2 aromatic rings. The first-order chi connectivity index (χ1) is 15.9. The zero-order valence-corrected chi connectivity index (χ0v) is 20.2. The van der Waals surface area contributed by atoms with Crippen LogP contribution in [-0.4, -0.2) is 30.1 Å². The summed E-state index contributed by atoms with van der Waals surface area (Å²) in [5.41, 5.74) is -1.57. The zero-order chi connectivity index (χ0) is 25.3. The highest BCUT2D eigenvalue weighted by Crippen LogP contribution is 2.49. The molecule has 5 nitrogen and oxygen atoms in total. The molecule has 1 aliphatic rings. The van der Waals surface area contributed by atoms with E-state index in [1.54, 1.807) is 26.8 Å². The molecule has 2 atom stereocenters. The average molecular weight is 515 g/mol. The fourth-order valence-corrected chi connectivity index (χ4v) is 4.36. The number of aryl methyl sites for hydroxylation is 1. The SMILES string of the molecule is CCNC(=O)[C@@H](C)CC(=O)c1ccc(C2=NOC(c3cc(Cl)cc(Cl)c3)(C(F)(F)F)C2)cc1C. The second kappa shape index (κ2) is 9.96. The van der Waals surface area contributed by atoms with Crippen LogP contribution in [0.1, 0.15) is 53.7 Å². The van der Waals surface area contributed by atoms with Gasteiger partial charge in [-0.1, -0.05) is 47.4 Å². The van der Waals surface area contributed by atoms with Crippen molar-refractivity contribution in [3.05, 3.63) is 68.7 Å². The molecule has 0 saturated carbocycles. The van der Waals surface area contributed by atoms with E-state index in [4.69, 9.17) is 28.0 Å². The van der Waals surface area contributed by atoms with Crippen molar-refractivity contribution in [2.75, 3.05) is 6.54 Å². The molecule has 10 heteroatoms. The Labute approximate surface area is 205 Å². The molecule has 2 aromatic carbocycles. The summed E-state index contributed by atoms with van der Waals surface area (Å²) in [4.78, 5) is 29.6. The summed E-state index contributed by atoms with van der Waals surface area (Å²) in [6, 6.07) is 8.29. The number of hydrogen-bond acceptors (Lipinski definition) is 4. The Hall–Kier alpha value is -2.58. The van der Waals surface area contributed by atoms with Crippen LogP contribution in [0.4, 0.5) is 13.2 Å². The van der Waals surface area contributed by atoms with Crippen molar-refractivity contribution < 1.29 is 27.6 Å². The third kappa shape index (κ3) is 5.23. The smallest absolute Gasteiger partial charge is 0.374 e. The molecule has 182 valence electrons. The van der Waals surface area contributed by atoms with Crippen molar-refractivity contribution in [2.24, 2.45) is 11.1 Å². The molecule has 0 saturated heterocycles. The summed E-state index contributed by atoms with van der Waals surface area (Å²) < 4.78 is 42.5. The Morgan fingerprint density at radius 1 is 1.18 bits per heavy atom. The number of oxime groups is 1. The number of amides is 1. The Kier molecular flexibility index (Phi) is 7.62. The maximum absolute atomic E-state index is 14.2. The lowest BCUT2D eigenvalue weighted by Crippen LogP contribution is -2.42. The van der Waals surface area contributed by atoms with Crippen LogP contribution in [0, 0.1) is 12.8 Å². The van der Waals surface area contributed by atoms with Gasteiger partial charge in [0.15, 0.2) is 5.78 Å². The third-order valence-electron chi connectivity index (χ3n) is 5.67. The van der Waals surface area contributed by atoms with Gasteiger partial charge < -0.3 is 10.2 Å². The molecule has 34 heavy (non-hydrogen) atoms. The average Bonchev–Trinajstić information content (AvgIpc) is 3.20. The minimum Gasteiger partial charge on any atom is -0.374 e. The highest BCUT2D eigenvalue weighted by Gasteiger charge is 2.62. The van der Waals surface area contributed by atoms with E-state index in [0.29, 0.717) is 23.2 Å². The van der Waals surface area contributed by atoms with Gasteiger partial charge in [0.25, 0.3) is 5.60 Å². The van der Waals surface area contributed by atoms with Crippen molar-refractivity contribution in [1.29, 1.82) is 0 Å². The number of ketones is 1. The van der Waals surface area contributed by atoms with Crippen molar-refractivity contribution in [3.8, 4) is 0 Å².